The van der Waals surface area contributed by atoms with Crippen LogP contribution in [0.25, 0.3) is 21.3 Å². The number of anilines is 2. The van der Waals surface area contributed by atoms with Crippen molar-refractivity contribution >= 4 is 99.0 Å². The molecule has 0 saturated heterocycles. The molecule has 304 valence electrons. The third-order valence-electron chi connectivity index (χ3n) is 7.20. The highest BCUT2D eigenvalue weighted by Gasteiger charge is 2.41. The number of nitrogens with one attached hydrogen (secondary N) is 2. The van der Waals surface area contributed by atoms with E-state index in [4.69, 9.17) is 39.5 Å². The molecule has 0 radical (unpaired) electrons. The fourth-order valence-corrected chi connectivity index (χ4v) is 7.59. The van der Waals surface area contributed by atoms with Crippen LogP contribution in [-0.2, 0) is 34.4 Å². The van der Waals surface area contributed by atoms with E-state index in [2.05, 4.69) is 24.7 Å². The number of halogens is 7. The lowest BCUT2D eigenvalue weighted by Crippen LogP contribution is -2.28. The van der Waals surface area contributed by atoms with E-state index in [0.717, 1.165) is 12.1 Å². The van der Waals surface area contributed by atoms with Crippen molar-refractivity contribution < 1.29 is 53.8 Å². The molecule has 0 fully saturated rings. The molecular formula is C34H29Cl3F4N6O8S2. The molecular weight excluding hydrogens is 867 g/mol. The van der Waals surface area contributed by atoms with Crippen molar-refractivity contribution in [2.75, 3.05) is 9.44 Å². The zero-order valence-corrected chi connectivity index (χ0v) is 34.1. The number of esters is 1. The third kappa shape index (κ3) is 9.63. The molecule has 0 aliphatic carbocycles. The minimum atomic E-state index is -4.53. The normalized spacial score (nSPS) is 15.3. The Morgan fingerprint density at radius 3 is 1.46 bits per heavy atom. The number of hydrogen-bond donors (Lipinski definition) is 3. The van der Waals surface area contributed by atoms with Gasteiger partial charge in [0, 0.05) is 30.2 Å². The Labute approximate surface area is 338 Å². The van der Waals surface area contributed by atoms with Gasteiger partial charge in [-0.2, -0.15) is 0 Å². The molecule has 0 unspecified atom stereocenters. The van der Waals surface area contributed by atoms with Gasteiger partial charge in [-0.15, -0.1) is 0 Å². The molecule has 4 heterocycles. The summed E-state index contributed by atoms with van der Waals surface area (Å²) in [5, 5.41) is 8.33. The van der Waals surface area contributed by atoms with Gasteiger partial charge in [0.05, 0.1) is 26.6 Å². The van der Waals surface area contributed by atoms with E-state index < -0.39 is 97.2 Å². The van der Waals surface area contributed by atoms with Crippen LogP contribution in [0.2, 0.25) is 10.0 Å². The lowest BCUT2D eigenvalue weighted by atomic mass is 9.97. The molecule has 23 heteroatoms. The lowest BCUT2D eigenvalue weighted by molar-refractivity contribution is -0.145. The molecule has 2 aromatic carbocycles. The highest BCUT2D eigenvalue weighted by atomic mass is 35.5. The summed E-state index contributed by atoms with van der Waals surface area (Å²) in [5.74, 6) is -7.03. The summed E-state index contributed by atoms with van der Waals surface area (Å²) in [7, 11) is -8.95. The van der Waals surface area contributed by atoms with Crippen molar-refractivity contribution in [3.8, 4) is 0 Å². The predicted octanol–water partition coefficient (Wildman–Crippen LogP) is 7.92. The van der Waals surface area contributed by atoms with E-state index in [-0.39, 0.29) is 33.7 Å². The van der Waals surface area contributed by atoms with Crippen molar-refractivity contribution in [2.45, 2.75) is 41.5 Å². The zero-order valence-electron chi connectivity index (χ0n) is 30.2. The van der Waals surface area contributed by atoms with Crippen LogP contribution in [0.1, 0.15) is 64.1 Å². The summed E-state index contributed by atoms with van der Waals surface area (Å²) in [4.78, 5) is 36.2. The van der Waals surface area contributed by atoms with Crippen molar-refractivity contribution in [1.29, 1.82) is 0 Å². The van der Waals surface area contributed by atoms with Crippen LogP contribution in [0.15, 0.2) is 49.1 Å². The monoisotopic (exact) mass is 894 g/mol. The number of carbonyl (C=O) groups is 2. The van der Waals surface area contributed by atoms with Gasteiger partial charge in [0.2, 0.25) is 5.24 Å². The van der Waals surface area contributed by atoms with Crippen LogP contribution in [-0.4, -0.2) is 53.1 Å². The summed E-state index contributed by atoms with van der Waals surface area (Å²) in [5.41, 5.74) is -3.33. The standard InChI is InChI=1S/C17H14ClF2N3O4S.C12H6ClF2N3O3S.C5H9ClO/c1-17(2,3)16(24)27-13-12-15(22-7-6-21-12)23-28(25,26)14(13)10-8(19)4-5-9(20)11(10)18;13-8-6(15)2-1-5(14)7(8)11-10(19)9-12(17-4-3-16-9)18-22(11,20)21;1-5(2,3)4(6)7/h4-7H,1-3H3,(H,22,23);1-4,19H,(H,17,18);1-3H3. The first kappa shape index (κ1) is 44.8. The smallest absolute Gasteiger partial charge is 0.316 e. The molecule has 0 bridgehead atoms. The third-order valence-corrected chi connectivity index (χ3v) is 11.3. The number of aromatic nitrogens is 4. The Morgan fingerprint density at radius 1 is 0.649 bits per heavy atom. The molecule has 3 N–H and O–H groups in total. The van der Waals surface area contributed by atoms with E-state index in [9.17, 15) is 49.1 Å². The maximum atomic E-state index is 14.5. The fourth-order valence-electron chi connectivity index (χ4n) is 4.30. The maximum absolute atomic E-state index is 14.5. The maximum Gasteiger partial charge on any atom is 0.316 e. The first-order valence-corrected chi connectivity index (χ1v) is 19.9. The highest BCUT2D eigenvalue weighted by Crippen LogP contribution is 2.44. The minimum Gasteiger partial charge on any atom is -0.504 e. The Hall–Kier alpha value is -4.89. The zero-order chi connectivity index (χ0) is 43.0. The lowest BCUT2D eigenvalue weighted by Gasteiger charge is -2.25. The van der Waals surface area contributed by atoms with E-state index in [1.165, 1.54) is 24.8 Å². The molecule has 2 aromatic heterocycles. The van der Waals surface area contributed by atoms with Crippen molar-refractivity contribution in [3.63, 3.8) is 0 Å². The average molecular weight is 896 g/mol. The molecule has 0 saturated carbocycles. The number of nitrogens with zero attached hydrogens (tertiary/aromatic N) is 4. The first-order valence-electron chi connectivity index (χ1n) is 15.8. The van der Waals surface area contributed by atoms with Gasteiger partial charge in [0.15, 0.2) is 28.8 Å². The van der Waals surface area contributed by atoms with Gasteiger partial charge in [0.25, 0.3) is 20.0 Å². The van der Waals surface area contributed by atoms with Crippen LogP contribution >= 0.6 is 34.8 Å². The van der Waals surface area contributed by atoms with Crippen molar-refractivity contribution in [1.82, 2.24) is 19.9 Å². The van der Waals surface area contributed by atoms with Crippen LogP contribution in [0.5, 0.6) is 0 Å². The minimum absolute atomic E-state index is 0.162. The molecule has 4 aromatic rings. The number of benzene rings is 2. The van der Waals surface area contributed by atoms with Gasteiger partial charge in [-0.25, -0.2) is 54.3 Å². The SMILES string of the molecule is CC(C)(C)C(=O)Cl.CC(C)(C)C(=O)OC1=C(c2c(F)ccc(F)c2Cl)S(=O)(=O)Nc2nccnc21.O=S1(=O)Nc2nccnc2C(O)=C1c1c(F)ccc(F)c1Cl. The summed E-state index contributed by atoms with van der Waals surface area (Å²) < 4.78 is 116. The van der Waals surface area contributed by atoms with Crippen LogP contribution in [0, 0.1) is 34.1 Å². The average Bonchev–Trinajstić information content (AvgIpc) is 3.10. The number of hydrogen-bond acceptors (Lipinski definition) is 12. The Kier molecular flexibility index (Phi) is 13.0. The van der Waals surface area contributed by atoms with Gasteiger partial charge >= 0.3 is 5.97 Å². The summed E-state index contributed by atoms with van der Waals surface area (Å²) in [6.45, 7) is 9.96. The van der Waals surface area contributed by atoms with Gasteiger partial charge in [-0.3, -0.25) is 19.0 Å². The second-order valence-electron chi connectivity index (χ2n) is 13.7. The van der Waals surface area contributed by atoms with Crippen molar-refractivity contribution in [2.24, 2.45) is 10.8 Å². The molecule has 2 aliphatic rings. The van der Waals surface area contributed by atoms with Gasteiger partial charge in [-0.05, 0) is 56.6 Å². The molecule has 14 nitrogen and oxygen atoms in total. The summed E-state index contributed by atoms with van der Waals surface area (Å²) >= 11 is 16.6. The predicted molar refractivity (Wildman–Crippen MR) is 204 cm³/mol. The van der Waals surface area contributed by atoms with Gasteiger partial charge in [0.1, 0.15) is 38.8 Å². The Morgan fingerprint density at radius 2 is 1.02 bits per heavy atom. The largest absolute Gasteiger partial charge is 0.504 e. The highest BCUT2D eigenvalue weighted by molar-refractivity contribution is 8.02. The molecule has 6 rings (SSSR count). The number of rotatable bonds is 3. The number of fused-ring (bicyclic) bond motifs is 2. The molecule has 2 aliphatic heterocycles. The summed E-state index contributed by atoms with van der Waals surface area (Å²) in [6, 6.07) is 2.92. The van der Waals surface area contributed by atoms with E-state index in [1.807, 2.05) is 4.72 Å². The second-order valence-corrected chi connectivity index (χ2v) is 18.0. The van der Waals surface area contributed by atoms with Gasteiger partial charge in [-0.1, -0.05) is 44.0 Å². The second kappa shape index (κ2) is 16.5. The quantitative estimate of drug-likeness (QED) is 0.0776. The molecule has 57 heavy (non-hydrogen) atoms. The first-order chi connectivity index (χ1) is 26.2. The van der Waals surface area contributed by atoms with Gasteiger partial charge < -0.3 is 9.84 Å². The van der Waals surface area contributed by atoms with E-state index >= 15 is 0 Å². The number of aliphatic hydroxyl groups excluding tert-OH is 1. The van der Waals surface area contributed by atoms with Crippen LogP contribution < -0.4 is 9.44 Å². The molecule has 0 spiro atoms. The number of ether oxygens (including phenoxy) is 1. The Balaban J connectivity index is 0.000000221. The number of aliphatic hydroxyl groups is 1. The fraction of sp³-hybridized carbons (Fsp3) is 0.235. The van der Waals surface area contributed by atoms with Crippen molar-refractivity contribution in [3.05, 3.63) is 105 Å². The number of carbonyl (C=O) groups excluding carboxylic acids is 2. The number of sulfonamides is 2. The summed E-state index contributed by atoms with van der Waals surface area (Å²) in [6.07, 6.45) is 4.85. The van der Waals surface area contributed by atoms with E-state index in [0.29, 0.717) is 12.1 Å². The molecule has 0 atom stereocenters. The van der Waals surface area contributed by atoms with Crippen LogP contribution in [0.4, 0.5) is 29.2 Å². The van der Waals surface area contributed by atoms with Crippen LogP contribution in [0.3, 0.4) is 0 Å². The Bertz CT molecular complexity index is 2600. The topological polar surface area (TPSA) is 207 Å². The molecule has 0 amide bonds. The van der Waals surface area contributed by atoms with E-state index in [1.54, 1.807) is 41.5 Å².